The minimum Gasteiger partial charge on any atom is -0.323 e. The molecule has 138 valence electrons. The molecule has 3 rings (SSSR count). The van der Waals surface area contributed by atoms with Crippen LogP contribution in [0, 0.1) is 5.92 Å². The molecule has 1 saturated heterocycles. The van der Waals surface area contributed by atoms with Crippen molar-refractivity contribution < 1.29 is 13.2 Å². The average Bonchev–Trinajstić information content (AvgIpc) is 2.69. The molecule has 1 aliphatic rings. The van der Waals surface area contributed by atoms with Crippen molar-refractivity contribution in [1.29, 1.82) is 0 Å². The van der Waals surface area contributed by atoms with Gasteiger partial charge in [-0.2, -0.15) is 0 Å². The lowest BCUT2D eigenvalue weighted by Crippen LogP contribution is -2.42. The summed E-state index contributed by atoms with van der Waals surface area (Å²) in [6.07, 6.45) is 4.22. The molecule has 2 heterocycles. The highest BCUT2D eigenvalue weighted by Gasteiger charge is 2.30. The van der Waals surface area contributed by atoms with Crippen molar-refractivity contribution in [3.05, 3.63) is 42.7 Å². The minimum absolute atomic E-state index is 0.0922. The molecular weight excluding hydrogens is 352 g/mol. The van der Waals surface area contributed by atoms with Crippen LogP contribution in [-0.2, 0) is 14.8 Å². The third-order valence-electron chi connectivity index (χ3n) is 4.53. The summed E-state index contributed by atoms with van der Waals surface area (Å²) in [5.74, 6) is 0.373. The topological polar surface area (TPSA) is 92.3 Å². The molecule has 0 atom stereocenters. The highest BCUT2D eigenvalue weighted by molar-refractivity contribution is 7.89. The second-order valence-corrected chi connectivity index (χ2v) is 8.48. The molecule has 0 spiro atoms. The van der Waals surface area contributed by atoms with Crippen molar-refractivity contribution in [2.45, 2.75) is 19.8 Å². The highest BCUT2D eigenvalue weighted by atomic mass is 32.2. The lowest BCUT2D eigenvalue weighted by Gasteiger charge is -2.30. The maximum absolute atomic E-state index is 12.4. The first-order valence-electron chi connectivity index (χ1n) is 8.66. The van der Waals surface area contributed by atoms with E-state index >= 15 is 0 Å². The van der Waals surface area contributed by atoms with E-state index in [-0.39, 0.29) is 17.6 Å². The highest BCUT2D eigenvalue weighted by Crippen LogP contribution is 2.22. The number of amides is 1. The largest absolute Gasteiger partial charge is 0.323 e. The van der Waals surface area contributed by atoms with Crippen LogP contribution in [0.3, 0.4) is 0 Å². The predicted molar refractivity (Wildman–Crippen MR) is 99.9 cm³/mol. The number of nitrogens with zero attached hydrogens (tertiary/aromatic N) is 3. The van der Waals surface area contributed by atoms with Crippen LogP contribution in [0.4, 0.5) is 5.69 Å². The van der Waals surface area contributed by atoms with Gasteiger partial charge in [0.25, 0.3) is 0 Å². The summed E-state index contributed by atoms with van der Waals surface area (Å²) < 4.78 is 25.2. The summed E-state index contributed by atoms with van der Waals surface area (Å²) in [6.45, 7) is 2.41. The number of carbonyl (C=O) groups excluding carboxylic acids is 1. The van der Waals surface area contributed by atoms with E-state index in [1.165, 1.54) is 4.31 Å². The molecule has 1 fully saturated rings. The van der Waals surface area contributed by atoms with Crippen LogP contribution in [-0.4, -0.2) is 47.4 Å². The van der Waals surface area contributed by atoms with Gasteiger partial charge < -0.3 is 5.32 Å². The molecule has 8 heteroatoms. The van der Waals surface area contributed by atoms with Gasteiger partial charge in [0, 0.05) is 24.6 Å². The van der Waals surface area contributed by atoms with Crippen molar-refractivity contribution in [3.63, 3.8) is 0 Å². The Labute approximate surface area is 153 Å². The fraction of sp³-hybridized carbons (Fsp3) is 0.389. The van der Waals surface area contributed by atoms with Crippen LogP contribution in [0.2, 0.25) is 0 Å². The fourth-order valence-corrected chi connectivity index (χ4v) is 4.08. The minimum atomic E-state index is -3.18. The molecule has 0 radical (unpaired) electrons. The third kappa shape index (κ3) is 4.25. The van der Waals surface area contributed by atoms with Gasteiger partial charge in [0.15, 0.2) is 5.82 Å². The average molecular weight is 374 g/mol. The molecule has 1 aromatic heterocycles. The molecule has 0 aliphatic carbocycles. The summed E-state index contributed by atoms with van der Waals surface area (Å²) >= 11 is 0. The van der Waals surface area contributed by atoms with Crippen molar-refractivity contribution in [2.24, 2.45) is 5.92 Å². The molecule has 7 nitrogen and oxygen atoms in total. The Morgan fingerprint density at radius 2 is 1.77 bits per heavy atom. The molecule has 1 amide bonds. The lowest BCUT2D eigenvalue weighted by molar-refractivity contribution is -0.120. The molecule has 1 aromatic carbocycles. The number of hydrogen-bond donors (Lipinski definition) is 1. The van der Waals surface area contributed by atoms with Crippen molar-refractivity contribution in [3.8, 4) is 11.4 Å². The fourth-order valence-electron chi connectivity index (χ4n) is 2.95. The van der Waals surface area contributed by atoms with Gasteiger partial charge in [-0.3, -0.25) is 4.79 Å². The smallest absolute Gasteiger partial charge is 0.227 e. The SMILES string of the molecule is CCS(=O)(=O)N1CCC(C(=O)Nc2cnc(-c3ccccc3)nc2)CC1. The van der Waals surface area contributed by atoms with Crippen LogP contribution >= 0.6 is 0 Å². The zero-order valence-corrected chi connectivity index (χ0v) is 15.4. The zero-order chi connectivity index (χ0) is 18.6. The van der Waals surface area contributed by atoms with E-state index in [9.17, 15) is 13.2 Å². The molecule has 1 aliphatic heterocycles. The number of nitrogens with one attached hydrogen (secondary N) is 1. The van der Waals surface area contributed by atoms with Gasteiger partial charge in [0.2, 0.25) is 15.9 Å². The Kier molecular flexibility index (Phi) is 5.63. The second-order valence-electron chi connectivity index (χ2n) is 6.22. The summed E-state index contributed by atoms with van der Waals surface area (Å²) in [5, 5.41) is 2.83. The molecule has 0 bridgehead atoms. The maximum Gasteiger partial charge on any atom is 0.227 e. The first-order chi connectivity index (χ1) is 12.5. The van der Waals surface area contributed by atoms with Gasteiger partial charge in [0.05, 0.1) is 23.8 Å². The Morgan fingerprint density at radius 3 is 2.35 bits per heavy atom. The number of hydrogen-bond acceptors (Lipinski definition) is 5. The number of aromatic nitrogens is 2. The number of benzene rings is 1. The standard InChI is InChI=1S/C18H22N4O3S/c1-2-26(24,25)22-10-8-15(9-11-22)18(23)21-16-12-19-17(20-13-16)14-6-4-3-5-7-14/h3-7,12-13,15H,2,8-11H2,1H3,(H,21,23). The van der Waals surface area contributed by atoms with E-state index in [2.05, 4.69) is 15.3 Å². The summed E-state index contributed by atoms with van der Waals surface area (Å²) in [6, 6.07) is 9.60. The van der Waals surface area contributed by atoms with Gasteiger partial charge in [-0.05, 0) is 19.8 Å². The van der Waals surface area contributed by atoms with E-state index in [0.717, 1.165) is 5.56 Å². The Balaban J connectivity index is 1.57. The van der Waals surface area contributed by atoms with Crippen molar-refractivity contribution in [2.75, 3.05) is 24.2 Å². The van der Waals surface area contributed by atoms with E-state index in [1.807, 2.05) is 30.3 Å². The summed E-state index contributed by atoms with van der Waals surface area (Å²) in [7, 11) is -3.18. The van der Waals surface area contributed by atoms with E-state index in [4.69, 9.17) is 0 Å². The van der Waals surface area contributed by atoms with E-state index < -0.39 is 10.0 Å². The van der Waals surface area contributed by atoms with Crippen molar-refractivity contribution >= 4 is 21.6 Å². The van der Waals surface area contributed by atoms with Gasteiger partial charge in [-0.1, -0.05) is 30.3 Å². The van der Waals surface area contributed by atoms with Gasteiger partial charge in [-0.25, -0.2) is 22.7 Å². The summed E-state index contributed by atoms with van der Waals surface area (Å²) in [5.41, 5.74) is 1.45. The Morgan fingerprint density at radius 1 is 1.15 bits per heavy atom. The van der Waals surface area contributed by atoms with Crippen LogP contribution in [0.25, 0.3) is 11.4 Å². The monoisotopic (exact) mass is 374 g/mol. The Bertz CT molecular complexity index is 846. The number of piperidine rings is 1. The molecule has 0 saturated carbocycles. The first kappa shape index (κ1) is 18.5. The summed E-state index contributed by atoms with van der Waals surface area (Å²) in [4.78, 5) is 21.0. The van der Waals surface area contributed by atoms with Gasteiger partial charge >= 0.3 is 0 Å². The molecule has 0 unspecified atom stereocenters. The third-order valence-corrected chi connectivity index (χ3v) is 6.42. The predicted octanol–water partition coefficient (Wildman–Crippen LogP) is 2.14. The quantitative estimate of drug-likeness (QED) is 0.866. The van der Waals surface area contributed by atoms with Crippen molar-refractivity contribution in [1.82, 2.24) is 14.3 Å². The number of carbonyl (C=O) groups is 1. The number of sulfonamides is 1. The molecule has 26 heavy (non-hydrogen) atoms. The number of rotatable bonds is 5. The molecule has 1 N–H and O–H groups in total. The van der Waals surface area contributed by atoms with Crippen LogP contribution in [0.1, 0.15) is 19.8 Å². The zero-order valence-electron chi connectivity index (χ0n) is 14.6. The normalized spacial score (nSPS) is 16.3. The number of anilines is 1. The van der Waals surface area contributed by atoms with Crippen LogP contribution < -0.4 is 5.32 Å². The van der Waals surface area contributed by atoms with Crippen LogP contribution in [0.15, 0.2) is 42.7 Å². The lowest BCUT2D eigenvalue weighted by atomic mass is 9.97. The van der Waals surface area contributed by atoms with Gasteiger partial charge in [-0.15, -0.1) is 0 Å². The van der Waals surface area contributed by atoms with Crippen LogP contribution in [0.5, 0.6) is 0 Å². The second kappa shape index (κ2) is 7.92. The molecule has 2 aromatic rings. The van der Waals surface area contributed by atoms with E-state index in [0.29, 0.717) is 37.4 Å². The van der Waals surface area contributed by atoms with E-state index in [1.54, 1.807) is 19.3 Å². The molecular formula is C18H22N4O3S. The maximum atomic E-state index is 12.4. The van der Waals surface area contributed by atoms with Gasteiger partial charge in [0.1, 0.15) is 0 Å². The Hall–Kier alpha value is -2.32. The first-order valence-corrected chi connectivity index (χ1v) is 10.3.